The molecule has 0 radical (unpaired) electrons. The molecular formula is C19H21N7O2. The van der Waals surface area contributed by atoms with E-state index in [0.29, 0.717) is 30.4 Å². The minimum atomic E-state index is -0.0888. The number of piperidine rings is 1. The number of rotatable bonds is 4. The quantitative estimate of drug-likeness (QED) is 0.681. The molecule has 28 heavy (non-hydrogen) atoms. The lowest BCUT2D eigenvalue weighted by molar-refractivity contribution is 0.0526. The van der Waals surface area contributed by atoms with Crippen LogP contribution in [0.4, 0.5) is 0 Å². The van der Waals surface area contributed by atoms with Crippen molar-refractivity contribution in [1.29, 1.82) is 0 Å². The molecule has 2 aromatic heterocycles. The molecule has 1 saturated heterocycles. The Labute approximate surface area is 162 Å². The molecule has 0 spiro atoms. The van der Waals surface area contributed by atoms with Gasteiger partial charge in [-0.05, 0) is 55.3 Å². The van der Waals surface area contributed by atoms with Gasteiger partial charge in [-0.3, -0.25) is 4.79 Å². The summed E-state index contributed by atoms with van der Waals surface area (Å²) < 4.78 is 7.57. The summed E-state index contributed by atoms with van der Waals surface area (Å²) in [4.78, 5) is 23.4. The lowest BCUT2D eigenvalue weighted by Crippen LogP contribution is -2.44. The Balaban J connectivity index is 1.47. The van der Waals surface area contributed by atoms with Gasteiger partial charge in [0.15, 0.2) is 0 Å². The van der Waals surface area contributed by atoms with Gasteiger partial charge in [0, 0.05) is 23.9 Å². The number of carbonyl (C=O) groups excluding carboxylic acids is 1. The molecule has 1 aromatic carbocycles. The van der Waals surface area contributed by atoms with Crippen LogP contribution < -0.4 is 4.74 Å². The van der Waals surface area contributed by atoms with Gasteiger partial charge in [-0.15, -0.1) is 5.10 Å². The van der Waals surface area contributed by atoms with E-state index in [-0.39, 0.29) is 12.0 Å². The smallest absolute Gasteiger partial charge is 0.254 e. The molecular weight excluding hydrogens is 358 g/mol. The van der Waals surface area contributed by atoms with Gasteiger partial charge in [0.1, 0.15) is 18.3 Å². The molecule has 9 heteroatoms. The molecule has 4 rings (SSSR count). The zero-order valence-corrected chi connectivity index (χ0v) is 15.8. The van der Waals surface area contributed by atoms with Crippen molar-refractivity contribution in [3.8, 4) is 11.6 Å². The van der Waals surface area contributed by atoms with Gasteiger partial charge < -0.3 is 9.64 Å². The van der Waals surface area contributed by atoms with Crippen LogP contribution in [0.3, 0.4) is 0 Å². The minimum Gasteiger partial charge on any atom is -0.472 e. The van der Waals surface area contributed by atoms with Crippen LogP contribution in [0.5, 0.6) is 5.88 Å². The number of likely N-dealkylation sites (tertiary alicyclic amines) is 1. The van der Waals surface area contributed by atoms with Crippen LogP contribution in [-0.2, 0) is 0 Å². The van der Waals surface area contributed by atoms with E-state index >= 15 is 0 Å². The van der Waals surface area contributed by atoms with Gasteiger partial charge in [0.2, 0.25) is 5.88 Å². The summed E-state index contributed by atoms with van der Waals surface area (Å²) >= 11 is 0. The molecule has 3 aromatic rings. The van der Waals surface area contributed by atoms with E-state index in [1.165, 1.54) is 11.0 Å². The summed E-state index contributed by atoms with van der Waals surface area (Å²) in [6, 6.07) is 9.10. The van der Waals surface area contributed by atoms with E-state index < -0.39 is 0 Å². The molecule has 0 N–H and O–H groups in total. The highest BCUT2D eigenvalue weighted by Crippen LogP contribution is 2.20. The van der Waals surface area contributed by atoms with Crippen molar-refractivity contribution in [3.63, 3.8) is 0 Å². The van der Waals surface area contributed by atoms with Gasteiger partial charge >= 0.3 is 0 Å². The average molecular weight is 379 g/mol. The van der Waals surface area contributed by atoms with Crippen molar-refractivity contribution < 1.29 is 9.53 Å². The Morgan fingerprint density at radius 3 is 2.89 bits per heavy atom. The van der Waals surface area contributed by atoms with Crippen LogP contribution in [-0.4, -0.2) is 60.2 Å². The van der Waals surface area contributed by atoms with E-state index in [0.717, 1.165) is 24.2 Å². The van der Waals surface area contributed by atoms with Crippen LogP contribution >= 0.6 is 0 Å². The van der Waals surface area contributed by atoms with Crippen molar-refractivity contribution in [1.82, 2.24) is 35.1 Å². The van der Waals surface area contributed by atoms with Crippen LogP contribution in [0.1, 0.15) is 34.7 Å². The minimum absolute atomic E-state index is 0.0294. The number of benzene rings is 1. The van der Waals surface area contributed by atoms with Crippen LogP contribution in [0.25, 0.3) is 5.69 Å². The third-order valence-electron chi connectivity index (χ3n) is 4.60. The lowest BCUT2D eigenvalue weighted by Gasteiger charge is -2.32. The summed E-state index contributed by atoms with van der Waals surface area (Å²) in [5.74, 6) is 1.21. The van der Waals surface area contributed by atoms with Crippen molar-refractivity contribution in [2.45, 2.75) is 32.8 Å². The van der Waals surface area contributed by atoms with Gasteiger partial charge in [0.05, 0.1) is 12.2 Å². The monoisotopic (exact) mass is 379 g/mol. The Morgan fingerprint density at radius 2 is 2.11 bits per heavy atom. The summed E-state index contributed by atoms with van der Waals surface area (Å²) in [6.45, 7) is 4.98. The molecule has 1 atom stereocenters. The molecule has 0 aliphatic carbocycles. The molecule has 1 fully saturated rings. The van der Waals surface area contributed by atoms with E-state index in [9.17, 15) is 4.79 Å². The predicted molar refractivity (Wildman–Crippen MR) is 100 cm³/mol. The Kier molecular flexibility index (Phi) is 4.96. The number of amides is 1. The Bertz CT molecular complexity index is 954. The molecule has 9 nitrogen and oxygen atoms in total. The number of carbonyl (C=O) groups is 1. The number of nitrogens with zero attached hydrogens (tertiary/aromatic N) is 7. The number of ether oxygens (including phenoxy) is 1. The third kappa shape index (κ3) is 3.98. The van der Waals surface area contributed by atoms with Crippen LogP contribution in [0.15, 0.2) is 36.7 Å². The molecule has 3 heterocycles. The molecule has 0 unspecified atom stereocenters. The fraction of sp³-hybridized carbons (Fsp3) is 0.368. The van der Waals surface area contributed by atoms with Gasteiger partial charge in [-0.1, -0.05) is 6.07 Å². The second-order valence-electron chi connectivity index (χ2n) is 6.83. The predicted octanol–water partition coefficient (Wildman–Crippen LogP) is 1.75. The molecule has 1 aliphatic heterocycles. The van der Waals surface area contributed by atoms with E-state index in [1.807, 2.05) is 36.9 Å². The fourth-order valence-electron chi connectivity index (χ4n) is 3.38. The number of hydrogen-bond donors (Lipinski definition) is 0. The second kappa shape index (κ2) is 7.71. The van der Waals surface area contributed by atoms with E-state index in [1.54, 1.807) is 12.1 Å². The molecule has 0 saturated carbocycles. The summed E-state index contributed by atoms with van der Waals surface area (Å²) in [7, 11) is 0. The summed E-state index contributed by atoms with van der Waals surface area (Å²) in [5.41, 5.74) is 2.21. The number of tetrazole rings is 1. The maximum atomic E-state index is 13.0. The fourth-order valence-corrected chi connectivity index (χ4v) is 3.38. The Morgan fingerprint density at radius 1 is 1.21 bits per heavy atom. The maximum absolute atomic E-state index is 13.0. The normalized spacial score (nSPS) is 16.8. The third-order valence-corrected chi connectivity index (χ3v) is 4.60. The zero-order chi connectivity index (χ0) is 19.5. The standard InChI is InChI=1S/C19H21N7O2/c1-13-9-18(22-14(2)21-13)28-17-7-4-8-25(11-17)19(27)15-5-3-6-16(10-15)26-12-20-23-24-26/h3,5-6,9-10,12,17H,4,7-8,11H2,1-2H3/t17-/m0/s1. The topological polar surface area (TPSA) is 98.9 Å². The zero-order valence-electron chi connectivity index (χ0n) is 15.8. The number of aromatic nitrogens is 6. The SMILES string of the molecule is Cc1cc(O[C@H]2CCCN(C(=O)c3cccc(-n4cnnn4)c3)C2)nc(C)n1. The molecule has 1 aliphatic rings. The molecule has 1 amide bonds. The lowest BCUT2D eigenvalue weighted by atomic mass is 10.1. The first kappa shape index (κ1) is 18.0. The number of hydrogen-bond acceptors (Lipinski definition) is 7. The highest BCUT2D eigenvalue weighted by Gasteiger charge is 2.26. The maximum Gasteiger partial charge on any atom is 0.254 e. The first-order chi connectivity index (χ1) is 13.6. The highest BCUT2D eigenvalue weighted by molar-refractivity contribution is 5.94. The summed E-state index contributed by atoms with van der Waals surface area (Å²) in [6.07, 6.45) is 3.18. The number of aryl methyl sites for hydroxylation is 2. The highest BCUT2D eigenvalue weighted by atomic mass is 16.5. The first-order valence-corrected chi connectivity index (χ1v) is 9.20. The average Bonchev–Trinajstić information content (AvgIpc) is 3.22. The van der Waals surface area contributed by atoms with Crippen LogP contribution in [0.2, 0.25) is 0 Å². The van der Waals surface area contributed by atoms with E-state index in [4.69, 9.17) is 4.74 Å². The van der Waals surface area contributed by atoms with E-state index in [2.05, 4.69) is 25.5 Å². The van der Waals surface area contributed by atoms with Crippen LogP contribution in [0, 0.1) is 13.8 Å². The van der Waals surface area contributed by atoms with Crippen molar-refractivity contribution in [2.75, 3.05) is 13.1 Å². The van der Waals surface area contributed by atoms with Gasteiger partial charge in [-0.2, -0.15) is 4.98 Å². The van der Waals surface area contributed by atoms with Gasteiger partial charge in [0.25, 0.3) is 5.91 Å². The largest absolute Gasteiger partial charge is 0.472 e. The summed E-state index contributed by atoms with van der Waals surface area (Å²) in [5, 5.41) is 11.1. The first-order valence-electron chi connectivity index (χ1n) is 9.20. The Hall–Kier alpha value is -3.36. The van der Waals surface area contributed by atoms with Crippen molar-refractivity contribution in [2.24, 2.45) is 0 Å². The van der Waals surface area contributed by atoms with Gasteiger partial charge in [-0.25, -0.2) is 9.67 Å². The van der Waals surface area contributed by atoms with Crippen molar-refractivity contribution in [3.05, 3.63) is 53.7 Å². The van der Waals surface area contributed by atoms with Crippen molar-refractivity contribution >= 4 is 5.91 Å². The molecule has 144 valence electrons. The second-order valence-corrected chi connectivity index (χ2v) is 6.83. The molecule has 0 bridgehead atoms.